The predicted octanol–water partition coefficient (Wildman–Crippen LogP) is 5.69. The number of rotatable bonds is 8. The summed E-state index contributed by atoms with van der Waals surface area (Å²) in [4.78, 5) is 11.3. The second-order valence-corrected chi connectivity index (χ2v) is 7.86. The van der Waals surface area contributed by atoms with Crippen LogP contribution >= 0.6 is 11.6 Å². The van der Waals surface area contributed by atoms with Crippen molar-refractivity contribution >= 4 is 17.6 Å². The zero-order valence-electron chi connectivity index (χ0n) is 18.3. The number of hydrogen-bond donors (Lipinski definition) is 1. The van der Waals surface area contributed by atoms with Gasteiger partial charge in [0.25, 0.3) is 0 Å². The Morgan fingerprint density at radius 2 is 1.76 bits per heavy atom. The zero-order valence-corrected chi connectivity index (χ0v) is 19.0. The molecule has 4 rings (SSSR count). The summed E-state index contributed by atoms with van der Waals surface area (Å²) < 4.78 is 13.1. The van der Waals surface area contributed by atoms with Crippen LogP contribution in [0.2, 0.25) is 5.02 Å². The molecule has 168 valence electrons. The number of methoxy groups -OCH3 is 2. The third-order valence-corrected chi connectivity index (χ3v) is 5.78. The van der Waals surface area contributed by atoms with E-state index in [1.54, 1.807) is 43.3 Å². The molecule has 6 nitrogen and oxygen atoms in total. The van der Waals surface area contributed by atoms with Crippen molar-refractivity contribution in [2.75, 3.05) is 14.2 Å². The maximum Gasteiger partial charge on any atom is 0.335 e. The van der Waals surface area contributed by atoms with Crippen LogP contribution in [0.15, 0.2) is 72.9 Å². The molecule has 0 atom stereocenters. The van der Waals surface area contributed by atoms with E-state index in [1.165, 1.54) is 0 Å². The van der Waals surface area contributed by atoms with Crippen LogP contribution < -0.4 is 9.47 Å². The molecule has 0 aliphatic rings. The Labute approximate surface area is 197 Å². The number of para-hydroxylation sites is 1. The highest BCUT2D eigenvalue weighted by Gasteiger charge is 2.18. The highest BCUT2D eigenvalue weighted by atomic mass is 35.5. The molecule has 0 bridgehead atoms. The highest BCUT2D eigenvalue weighted by molar-refractivity contribution is 6.32. The van der Waals surface area contributed by atoms with Gasteiger partial charge in [0.2, 0.25) is 0 Å². The van der Waals surface area contributed by atoms with Crippen LogP contribution in [0, 0.1) is 0 Å². The summed E-state index contributed by atoms with van der Waals surface area (Å²) >= 11 is 6.43. The van der Waals surface area contributed by atoms with Gasteiger partial charge in [-0.05, 0) is 60.4 Å². The van der Waals surface area contributed by atoms with Crippen molar-refractivity contribution in [2.24, 2.45) is 0 Å². The van der Waals surface area contributed by atoms with Crippen LogP contribution in [0.4, 0.5) is 0 Å². The number of aryl methyl sites for hydroxylation is 2. The average molecular weight is 463 g/mol. The second-order valence-electron chi connectivity index (χ2n) is 7.45. The molecule has 1 aromatic heterocycles. The summed E-state index contributed by atoms with van der Waals surface area (Å²) in [6, 6.07) is 20.3. The minimum absolute atomic E-state index is 0.276. The minimum Gasteiger partial charge on any atom is -0.496 e. The van der Waals surface area contributed by atoms with E-state index in [9.17, 15) is 9.90 Å². The lowest BCUT2D eigenvalue weighted by Gasteiger charge is -2.17. The smallest absolute Gasteiger partial charge is 0.335 e. The van der Waals surface area contributed by atoms with Gasteiger partial charge >= 0.3 is 5.97 Å². The van der Waals surface area contributed by atoms with Gasteiger partial charge in [0.1, 0.15) is 11.5 Å². The van der Waals surface area contributed by atoms with Crippen molar-refractivity contribution in [1.29, 1.82) is 0 Å². The highest BCUT2D eigenvalue weighted by Crippen LogP contribution is 2.38. The normalized spacial score (nSPS) is 10.8. The SMILES string of the molecule is COc1cc(OC)c(-c2ccnn2-c2ccccc2Cl)cc1CCc1cccc(C(=O)O)c1. The van der Waals surface area contributed by atoms with Crippen molar-refractivity contribution in [1.82, 2.24) is 9.78 Å². The summed E-state index contributed by atoms with van der Waals surface area (Å²) in [7, 11) is 3.24. The number of hydrogen-bond acceptors (Lipinski definition) is 4. The first-order chi connectivity index (χ1) is 16.0. The maximum atomic E-state index is 11.3. The van der Waals surface area contributed by atoms with Crippen molar-refractivity contribution in [3.63, 3.8) is 0 Å². The van der Waals surface area contributed by atoms with E-state index in [0.717, 1.165) is 28.1 Å². The van der Waals surface area contributed by atoms with Crippen molar-refractivity contribution in [2.45, 2.75) is 12.8 Å². The van der Waals surface area contributed by atoms with Crippen LogP contribution in [-0.2, 0) is 12.8 Å². The minimum atomic E-state index is -0.936. The first kappa shape index (κ1) is 22.4. The van der Waals surface area contributed by atoms with Gasteiger partial charge in [-0.1, -0.05) is 35.9 Å². The number of carboxylic acids is 1. The fraction of sp³-hybridized carbons (Fsp3) is 0.154. The Bertz CT molecular complexity index is 1300. The third-order valence-electron chi connectivity index (χ3n) is 5.46. The third kappa shape index (κ3) is 4.71. The van der Waals surface area contributed by atoms with E-state index < -0.39 is 5.97 Å². The Kier molecular flexibility index (Phi) is 6.66. The first-order valence-electron chi connectivity index (χ1n) is 10.4. The molecule has 0 spiro atoms. The number of carbonyl (C=O) groups is 1. The Balaban J connectivity index is 1.73. The van der Waals surface area contributed by atoms with Crippen molar-refractivity contribution < 1.29 is 19.4 Å². The number of halogens is 1. The predicted molar refractivity (Wildman–Crippen MR) is 128 cm³/mol. The van der Waals surface area contributed by atoms with Gasteiger partial charge in [-0.2, -0.15) is 5.10 Å². The lowest BCUT2D eigenvalue weighted by atomic mass is 9.98. The average Bonchev–Trinajstić information content (AvgIpc) is 3.32. The van der Waals surface area contributed by atoms with Crippen LogP contribution in [0.1, 0.15) is 21.5 Å². The zero-order chi connectivity index (χ0) is 23.4. The van der Waals surface area contributed by atoms with Gasteiger partial charge in [0.05, 0.1) is 42.4 Å². The molecular formula is C26H23ClN2O4. The number of aromatic carboxylic acids is 1. The molecule has 1 N–H and O–H groups in total. The number of ether oxygens (including phenoxy) is 2. The number of aromatic nitrogens is 2. The Morgan fingerprint density at radius 1 is 0.970 bits per heavy atom. The molecule has 4 aromatic rings. The van der Waals surface area contributed by atoms with Crippen molar-refractivity contribution in [3.05, 3.63) is 94.6 Å². The molecule has 0 radical (unpaired) electrons. The Morgan fingerprint density at radius 3 is 2.48 bits per heavy atom. The molecule has 0 aliphatic carbocycles. The molecule has 0 saturated heterocycles. The number of nitrogens with zero attached hydrogens (tertiary/aromatic N) is 2. The van der Waals surface area contributed by atoms with Gasteiger partial charge in [-0.25, -0.2) is 9.48 Å². The molecular weight excluding hydrogens is 440 g/mol. The fourth-order valence-corrected chi connectivity index (χ4v) is 4.04. The van der Waals surface area contributed by atoms with Gasteiger partial charge in [-0.3, -0.25) is 0 Å². The molecule has 1 heterocycles. The van der Waals surface area contributed by atoms with Crippen LogP contribution in [0.3, 0.4) is 0 Å². The number of benzene rings is 3. The standard InChI is InChI=1S/C26H23ClN2O4/c1-32-24-16-25(33-2)20(22-12-13-28-29(22)23-9-4-3-8-21(23)27)15-18(24)11-10-17-6-5-7-19(14-17)26(30)31/h3-9,12-16H,10-11H2,1-2H3,(H,30,31). The van der Waals surface area contributed by atoms with Crippen LogP contribution in [0.5, 0.6) is 11.5 Å². The molecule has 7 heteroatoms. The largest absolute Gasteiger partial charge is 0.496 e. The molecule has 33 heavy (non-hydrogen) atoms. The summed E-state index contributed by atoms with van der Waals surface area (Å²) in [6.07, 6.45) is 3.04. The summed E-state index contributed by atoms with van der Waals surface area (Å²) in [5.74, 6) is 0.417. The van der Waals surface area contributed by atoms with E-state index in [1.807, 2.05) is 48.5 Å². The van der Waals surface area contributed by atoms with Crippen LogP contribution in [-0.4, -0.2) is 35.1 Å². The lowest BCUT2D eigenvalue weighted by Crippen LogP contribution is -2.03. The monoisotopic (exact) mass is 462 g/mol. The quantitative estimate of drug-likeness (QED) is 0.364. The topological polar surface area (TPSA) is 73.6 Å². The van der Waals surface area contributed by atoms with E-state index in [4.69, 9.17) is 21.1 Å². The van der Waals surface area contributed by atoms with E-state index >= 15 is 0 Å². The maximum absolute atomic E-state index is 11.3. The fourth-order valence-electron chi connectivity index (χ4n) is 3.82. The van der Waals surface area contributed by atoms with E-state index in [0.29, 0.717) is 29.4 Å². The molecule has 0 aliphatic heterocycles. The summed E-state index contributed by atoms with van der Waals surface area (Å²) in [5.41, 5.74) is 4.64. The van der Waals surface area contributed by atoms with Gasteiger partial charge < -0.3 is 14.6 Å². The van der Waals surface area contributed by atoms with Gasteiger partial charge in [-0.15, -0.1) is 0 Å². The molecule has 0 fully saturated rings. The van der Waals surface area contributed by atoms with Gasteiger partial charge in [0, 0.05) is 11.6 Å². The summed E-state index contributed by atoms with van der Waals surface area (Å²) in [5, 5.41) is 14.3. The molecule has 3 aromatic carbocycles. The lowest BCUT2D eigenvalue weighted by molar-refractivity contribution is 0.0696. The van der Waals surface area contributed by atoms with Crippen LogP contribution in [0.25, 0.3) is 16.9 Å². The number of carboxylic acid groups (broad SMARTS) is 1. The van der Waals surface area contributed by atoms with Crippen molar-refractivity contribution in [3.8, 4) is 28.4 Å². The van der Waals surface area contributed by atoms with E-state index in [-0.39, 0.29) is 5.56 Å². The molecule has 0 unspecified atom stereocenters. The molecule has 0 saturated carbocycles. The summed E-state index contributed by atoms with van der Waals surface area (Å²) in [6.45, 7) is 0. The van der Waals surface area contributed by atoms with Gasteiger partial charge in [0.15, 0.2) is 0 Å². The van der Waals surface area contributed by atoms with E-state index in [2.05, 4.69) is 5.10 Å². The molecule has 0 amide bonds. The first-order valence-corrected chi connectivity index (χ1v) is 10.8. The Hall–Kier alpha value is -3.77. The second kappa shape index (κ2) is 9.79.